The van der Waals surface area contributed by atoms with E-state index in [1.165, 1.54) is 0 Å². The van der Waals surface area contributed by atoms with Gasteiger partial charge in [0.1, 0.15) is 17.2 Å². The van der Waals surface area contributed by atoms with Crippen LogP contribution in [-0.4, -0.2) is 47.1 Å². The van der Waals surface area contributed by atoms with Crippen molar-refractivity contribution in [1.29, 1.82) is 0 Å². The molecule has 1 aliphatic heterocycles. The van der Waals surface area contributed by atoms with Crippen LogP contribution in [0.25, 0.3) is 0 Å². The van der Waals surface area contributed by atoms with Crippen molar-refractivity contribution in [1.82, 2.24) is 15.2 Å². The smallest absolute Gasteiger partial charge is 0.415 e. The van der Waals surface area contributed by atoms with Gasteiger partial charge < -0.3 is 24.4 Å². The summed E-state index contributed by atoms with van der Waals surface area (Å²) in [4.78, 5) is 31.3. The van der Waals surface area contributed by atoms with Gasteiger partial charge in [0.05, 0.1) is 6.61 Å². The zero-order valence-corrected chi connectivity index (χ0v) is 24.7. The van der Waals surface area contributed by atoms with Gasteiger partial charge in [-0.2, -0.15) is 0 Å². The molecule has 4 rings (SSSR count). The number of aromatic nitrogens is 1. The molecule has 1 saturated heterocycles. The van der Waals surface area contributed by atoms with E-state index < -0.39 is 0 Å². The summed E-state index contributed by atoms with van der Waals surface area (Å²) in [6, 6.07) is 19.7. The predicted molar refractivity (Wildman–Crippen MR) is 159 cm³/mol. The first-order valence-electron chi connectivity index (χ1n) is 14.2. The molecule has 0 aliphatic carbocycles. The summed E-state index contributed by atoms with van der Waals surface area (Å²) in [5.41, 5.74) is 0.292. The molecule has 1 aromatic heterocycles. The number of ether oxygens (including phenoxy) is 3. The lowest BCUT2D eigenvalue weighted by Crippen LogP contribution is -2.45. The molecular formula is C33H41N3O5. The molecule has 1 aliphatic rings. The molecule has 3 aromatic rings. The van der Waals surface area contributed by atoms with E-state index in [4.69, 9.17) is 14.2 Å². The van der Waals surface area contributed by atoms with Crippen LogP contribution in [0.1, 0.15) is 64.2 Å². The van der Waals surface area contributed by atoms with Crippen LogP contribution in [0.4, 0.5) is 4.79 Å². The van der Waals surface area contributed by atoms with E-state index in [1.54, 1.807) is 41.4 Å². The highest BCUT2D eigenvalue weighted by Gasteiger charge is 2.28. The van der Waals surface area contributed by atoms with Gasteiger partial charge in [0.15, 0.2) is 0 Å². The molecule has 2 amide bonds. The zero-order valence-electron chi connectivity index (χ0n) is 24.7. The van der Waals surface area contributed by atoms with E-state index in [9.17, 15) is 9.59 Å². The fourth-order valence-electron chi connectivity index (χ4n) is 5.22. The Balaban J connectivity index is 1.18. The molecule has 0 saturated carbocycles. The van der Waals surface area contributed by atoms with Crippen molar-refractivity contribution in [2.75, 3.05) is 19.7 Å². The molecule has 2 heterocycles. The van der Waals surface area contributed by atoms with Crippen LogP contribution in [0.5, 0.6) is 23.1 Å². The first kappa shape index (κ1) is 29.9. The number of hydrogen-bond acceptors (Lipinski definition) is 6. The molecule has 0 atom stereocenters. The van der Waals surface area contributed by atoms with E-state index in [2.05, 4.69) is 31.1 Å². The van der Waals surface area contributed by atoms with Gasteiger partial charge in [0.2, 0.25) is 5.88 Å². The van der Waals surface area contributed by atoms with Gasteiger partial charge in [-0.15, -0.1) is 0 Å². The van der Waals surface area contributed by atoms with Crippen molar-refractivity contribution in [2.24, 2.45) is 11.3 Å². The van der Waals surface area contributed by atoms with Crippen molar-refractivity contribution in [3.05, 3.63) is 78.5 Å². The number of carbonyl (C=O) groups is 2. The topological polar surface area (TPSA) is 90.0 Å². The van der Waals surface area contributed by atoms with Gasteiger partial charge in [0, 0.05) is 36.5 Å². The number of rotatable bonds is 9. The van der Waals surface area contributed by atoms with Crippen molar-refractivity contribution < 1.29 is 23.8 Å². The number of carbonyl (C=O) groups excluding carboxylic acids is 2. The van der Waals surface area contributed by atoms with E-state index in [0.29, 0.717) is 48.6 Å². The SMILES string of the molecule is CC(C)(C)CC(C)(C)NC(=O)c1ccc(OC(=O)N2CCC(COc3ccc(Oc4ccccn4)cc3)CC2)cc1. The number of piperidine rings is 1. The number of pyridine rings is 1. The molecule has 8 heteroatoms. The molecule has 0 unspecified atom stereocenters. The largest absolute Gasteiger partial charge is 0.493 e. The minimum Gasteiger partial charge on any atom is -0.493 e. The molecular weight excluding hydrogens is 518 g/mol. The Morgan fingerprint density at radius 3 is 2.12 bits per heavy atom. The first-order chi connectivity index (χ1) is 19.5. The summed E-state index contributed by atoms with van der Waals surface area (Å²) in [5, 5.41) is 3.10. The van der Waals surface area contributed by atoms with Crippen molar-refractivity contribution in [3.63, 3.8) is 0 Å². The molecule has 0 radical (unpaired) electrons. The minimum absolute atomic E-state index is 0.0968. The first-order valence-corrected chi connectivity index (χ1v) is 14.2. The second-order valence-corrected chi connectivity index (χ2v) is 12.5. The van der Waals surface area contributed by atoms with E-state index >= 15 is 0 Å². The summed E-state index contributed by atoms with van der Waals surface area (Å²) in [6.45, 7) is 12.3. The monoisotopic (exact) mass is 559 g/mol. The Morgan fingerprint density at radius 1 is 0.878 bits per heavy atom. The van der Waals surface area contributed by atoms with Crippen molar-refractivity contribution in [3.8, 4) is 23.1 Å². The van der Waals surface area contributed by atoms with Crippen molar-refractivity contribution >= 4 is 12.0 Å². The molecule has 41 heavy (non-hydrogen) atoms. The summed E-state index contributed by atoms with van der Waals surface area (Å²) < 4.78 is 17.3. The fraction of sp³-hybridized carbons (Fsp3) is 0.424. The van der Waals surface area contributed by atoms with Gasteiger partial charge in [-0.3, -0.25) is 4.79 Å². The maximum absolute atomic E-state index is 12.7. The summed E-state index contributed by atoms with van der Waals surface area (Å²) >= 11 is 0. The summed E-state index contributed by atoms with van der Waals surface area (Å²) in [5.74, 6) is 2.64. The van der Waals surface area contributed by atoms with E-state index in [-0.39, 0.29) is 23.0 Å². The van der Waals surface area contributed by atoms with Gasteiger partial charge >= 0.3 is 6.09 Å². The summed E-state index contributed by atoms with van der Waals surface area (Å²) in [7, 11) is 0. The van der Waals surface area contributed by atoms with Crippen LogP contribution in [0, 0.1) is 11.3 Å². The summed E-state index contributed by atoms with van der Waals surface area (Å²) in [6.07, 6.45) is 3.82. The predicted octanol–water partition coefficient (Wildman–Crippen LogP) is 7.11. The van der Waals surface area contributed by atoms with Gasteiger partial charge in [-0.25, -0.2) is 9.78 Å². The van der Waals surface area contributed by atoms with Crippen LogP contribution < -0.4 is 19.5 Å². The maximum Gasteiger partial charge on any atom is 0.415 e. The quantitative estimate of drug-likeness (QED) is 0.301. The Kier molecular flexibility index (Phi) is 9.53. The van der Waals surface area contributed by atoms with Crippen LogP contribution >= 0.6 is 0 Å². The van der Waals surface area contributed by atoms with Crippen molar-refractivity contribution in [2.45, 2.75) is 59.4 Å². The van der Waals surface area contributed by atoms with Gasteiger partial charge in [-0.1, -0.05) is 26.8 Å². The molecule has 0 spiro atoms. The van der Waals surface area contributed by atoms with Crippen LogP contribution in [-0.2, 0) is 0 Å². The Labute approximate surface area is 243 Å². The average molecular weight is 560 g/mol. The third kappa shape index (κ3) is 9.52. The lowest BCUT2D eigenvalue weighted by Gasteiger charge is -2.33. The highest BCUT2D eigenvalue weighted by atomic mass is 16.6. The molecule has 8 nitrogen and oxygen atoms in total. The number of likely N-dealkylation sites (tertiary alicyclic amines) is 1. The third-order valence-electron chi connectivity index (χ3n) is 6.79. The highest BCUT2D eigenvalue weighted by Crippen LogP contribution is 2.28. The number of amides is 2. The second-order valence-electron chi connectivity index (χ2n) is 12.5. The normalized spacial score (nSPS) is 14.3. The van der Waals surface area contributed by atoms with Crippen LogP contribution in [0.3, 0.4) is 0 Å². The maximum atomic E-state index is 12.7. The molecule has 0 bridgehead atoms. The second kappa shape index (κ2) is 13.1. The lowest BCUT2D eigenvalue weighted by atomic mass is 9.81. The van der Waals surface area contributed by atoms with E-state index in [1.807, 2.05) is 50.2 Å². The highest BCUT2D eigenvalue weighted by molar-refractivity contribution is 5.94. The average Bonchev–Trinajstić information content (AvgIpc) is 2.92. The van der Waals surface area contributed by atoms with Crippen LogP contribution in [0.15, 0.2) is 72.9 Å². The number of hydrogen-bond donors (Lipinski definition) is 1. The minimum atomic E-state index is -0.378. The standard InChI is InChI=1S/C33H41N3O5/c1-32(2,3)23-33(4,5)35-30(37)25-9-11-28(12-10-25)41-31(38)36-20-17-24(18-21-36)22-39-26-13-15-27(16-14-26)40-29-8-6-7-19-34-29/h6-16,19,24H,17-18,20-23H2,1-5H3,(H,35,37). The Bertz CT molecular complexity index is 1280. The molecule has 2 aromatic carbocycles. The van der Waals surface area contributed by atoms with Gasteiger partial charge in [-0.05, 0) is 99.0 Å². The number of nitrogens with one attached hydrogen (secondary N) is 1. The van der Waals surface area contributed by atoms with Gasteiger partial charge in [0.25, 0.3) is 5.91 Å². The van der Waals surface area contributed by atoms with E-state index in [0.717, 1.165) is 25.0 Å². The molecule has 218 valence electrons. The number of nitrogens with zero attached hydrogens (tertiary/aromatic N) is 2. The fourth-order valence-corrected chi connectivity index (χ4v) is 5.22. The molecule has 1 fully saturated rings. The number of benzene rings is 2. The Hall–Kier alpha value is -4.07. The molecule has 1 N–H and O–H groups in total. The third-order valence-corrected chi connectivity index (χ3v) is 6.79. The van der Waals surface area contributed by atoms with Crippen LogP contribution in [0.2, 0.25) is 0 Å². The lowest BCUT2D eigenvalue weighted by molar-refractivity contribution is 0.0891. The Morgan fingerprint density at radius 2 is 1.51 bits per heavy atom. The zero-order chi connectivity index (χ0) is 29.5.